The van der Waals surface area contributed by atoms with Crippen LogP contribution in [0.15, 0.2) is 54.7 Å². The van der Waals surface area contributed by atoms with Crippen molar-refractivity contribution in [2.45, 2.75) is 75.1 Å². The van der Waals surface area contributed by atoms with E-state index in [9.17, 15) is 23.6 Å². The van der Waals surface area contributed by atoms with Crippen molar-refractivity contribution < 1.29 is 23.6 Å². The van der Waals surface area contributed by atoms with E-state index in [0.29, 0.717) is 43.4 Å². The Morgan fingerprint density at radius 2 is 1.69 bits per heavy atom. The highest BCUT2D eigenvalue weighted by atomic mass is 35.5. The van der Waals surface area contributed by atoms with Crippen LogP contribution in [0.2, 0.25) is 5.15 Å². The molecule has 5 amide bonds. The second-order valence-electron chi connectivity index (χ2n) is 13.4. The number of benzene rings is 2. The Bertz CT molecular complexity index is 1970. The smallest absolute Gasteiger partial charge is 0.315 e. The number of halogens is 2. The molecule has 0 saturated carbocycles. The number of hydrogen-bond acceptors (Lipinski definition) is 9. The monoisotopic (exact) mass is 794 g/mol. The minimum Gasteiger partial charge on any atom is -0.361 e. The molecule has 2 aliphatic heterocycles. The summed E-state index contributed by atoms with van der Waals surface area (Å²) in [6, 6.07) is 13.4. The number of fused-ring (bicyclic) bond motifs is 2. The fraction of sp³-hybridized carbons (Fsp3) is 0.421. The van der Waals surface area contributed by atoms with E-state index in [4.69, 9.17) is 11.6 Å². The van der Waals surface area contributed by atoms with Crippen molar-refractivity contribution in [3.63, 3.8) is 0 Å². The molecule has 2 aromatic carbocycles. The van der Waals surface area contributed by atoms with Crippen LogP contribution in [0.5, 0.6) is 0 Å². The lowest BCUT2D eigenvalue weighted by molar-refractivity contribution is -0.122. The lowest BCUT2D eigenvalue weighted by Gasteiger charge is -2.16. The summed E-state index contributed by atoms with van der Waals surface area (Å²) in [5, 5.41) is 19.3. The normalized spacial score (nSPS) is 17.4. The number of nitrogens with zero attached hydrogens (tertiary/aromatic N) is 2. The zero-order valence-electron chi connectivity index (χ0n) is 29.7. The van der Waals surface area contributed by atoms with E-state index in [1.165, 1.54) is 29.5 Å². The molecule has 54 heavy (non-hydrogen) atoms. The van der Waals surface area contributed by atoms with E-state index in [1.807, 2.05) is 30.0 Å². The van der Waals surface area contributed by atoms with Crippen LogP contribution in [0.25, 0.3) is 21.3 Å². The molecule has 16 heteroatoms. The maximum atomic E-state index is 13.6. The fourth-order valence-corrected chi connectivity index (χ4v) is 9.10. The van der Waals surface area contributed by atoms with Crippen LogP contribution in [-0.2, 0) is 9.59 Å². The van der Waals surface area contributed by atoms with Crippen molar-refractivity contribution in [3.8, 4) is 11.1 Å². The summed E-state index contributed by atoms with van der Waals surface area (Å²) in [6.07, 6.45) is 8.66. The van der Waals surface area contributed by atoms with Crippen molar-refractivity contribution in [2.24, 2.45) is 0 Å². The van der Waals surface area contributed by atoms with Gasteiger partial charge >= 0.3 is 6.03 Å². The van der Waals surface area contributed by atoms with E-state index in [-0.39, 0.29) is 40.6 Å². The van der Waals surface area contributed by atoms with E-state index < -0.39 is 11.7 Å². The van der Waals surface area contributed by atoms with Gasteiger partial charge in [-0.15, -0.1) is 0 Å². The number of urea groups is 1. The number of thioether (sulfide) groups is 1. The Hall–Kier alpha value is -4.47. The summed E-state index contributed by atoms with van der Waals surface area (Å²) >= 11 is 9.68. The number of aromatic nitrogens is 2. The molecule has 0 unspecified atom stereocenters. The number of carbonyl (C=O) groups is 4. The van der Waals surface area contributed by atoms with E-state index in [0.717, 1.165) is 83.2 Å². The number of pyridine rings is 1. The average molecular weight is 795 g/mol. The van der Waals surface area contributed by atoms with Crippen molar-refractivity contribution in [1.82, 2.24) is 31.2 Å². The molecule has 6 N–H and O–H groups in total. The van der Waals surface area contributed by atoms with Crippen LogP contribution >= 0.6 is 34.7 Å². The van der Waals surface area contributed by atoms with Crippen molar-refractivity contribution in [2.75, 3.05) is 36.0 Å². The van der Waals surface area contributed by atoms with Crippen LogP contribution in [-0.4, -0.2) is 76.4 Å². The predicted molar refractivity (Wildman–Crippen MR) is 214 cm³/mol. The second-order valence-corrected chi connectivity index (χ2v) is 16.0. The molecule has 12 nitrogen and oxygen atoms in total. The first-order valence-corrected chi connectivity index (χ1v) is 20.6. The zero-order chi connectivity index (χ0) is 37.9. The first-order valence-electron chi connectivity index (χ1n) is 18.3. The van der Waals surface area contributed by atoms with E-state index in [1.54, 1.807) is 12.3 Å². The Kier molecular flexibility index (Phi) is 14.0. The summed E-state index contributed by atoms with van der Waals surface area (Å²) in [5.41, 5.74) is 2.95. The molecule has 0 bridgehead atoms. The third kappa shape index (κ3) is 11.0. The van der Waals surface area contributed by atoms with Crippen LogP contribution < -0.4 is 31.9 Å². The number of unbranched alkanes of at least 4 members (excludes halogenated alkanes) is 3. The van der Waals surface area contributed by atoms with Crippen molar-refractivity contribution in [3.05, 3.63) is 71.3 Å². The number of hydrogen-bond donors (Lipinski definition) is 6. The Labute approximate surface area is 326 Å². The first-order chi connectivity index (χ1) is 26.2. The number of nitrogens with one attached hydrogen (secondary N) is 6. The van der Waals surface area contributed by atoms with Crippen molar-refractivity contribution in [1.29, 1.82) is 0 Å². The largest absolute Gasteiger partial charge is 0.361 e. The molecule has 0 spiro atoms. The summed E-state index contributed by atoms with van der Waals surface area (Å²) < 4.78 is 14.6. The summed E-state index contributed by atoms with van der Waals surface area (Å²) in [4.78, 5) is 57.5. The number of rotatable bonds is 19. The van der Waals surface area contributed by atoms with Gasteiger partial charge in [0, 0.05) is 60.8 Å². The quantitative estimate of drug-likeness (QED) is 0.0346. The van der Waals surface area contributed by atoms with Gasteiger partial charge in [-0.2, -0.15) is 11.8 Å². The molecule has 6 rings (SSSR count). The van der Waals surface area contributed by atoms with Gasteiger partial charge < -0.3 is 31.9 Å². The maximum absolute atomic E-state index is 13.6. The molecule has 2 fully saturated rings. The van der Waals surface area contributed by atoms with E-state index in [2.05, 4.69) is 41.9 Å². The number of thiazole rings is 1. The van der Waals surface area contributed by atoms with Gasteiger partial charge in [0.05, 0.1) is 28.0 Å². The van der Waals surface area contributed by atoms with Gasteiger partial charge in [-0.3, -0.25) is 14.4 Å². The minimum atomic E-state index is -0.505. The minimum absolute atomic E-state index is 0.0274. The topological polar surface area (TPSA) is 166 Å². The Morgan fingerprint density at radius 1 is 0.889 bits per heavy atom. The van der Waals surface area contributed by atoms with E-state index >= 15 is 0 Å². The molecular weight excluding hydrogens is 751 g/mol. The van der Waals surface area contributed by atoms with Gasteiger partial charge in [0.1, 0.15) is 5.82 Å². The SMILES string of the molecule is O=C(CCCC[C@@H]1SC[C@@H]2NC(=O)N[C@@H]21)NCCCCCC(=O)NCCCNc1nc2ccc(-c3cnc(Cl)c(NC(=O)c4cccc(F)c4)c3)cc2s1. The molecular formula is C38H44ClFN8O4S2. The van der Waals surface area contributed by atoms with Gasteiger partial charge in [0.15, 0.2) is 10.3 Å². The third-order valence-electron chi connectivity index (χ3n) is 9.33. The van der Waals surface area contributed by atoms with Gasteiger partial charge in [0.2, 0.25) is 11.8 Å². The molecule has 2 saturated heterocycles. The average Bonchev–Trinajstić information content (AvgIpc) is 3.85. The first kappa shape index (κ1) is 39.2. The van der Waals surface area contributed by atoms with Crippen LogP contribution in [0.1, 0.15) is 68.1 Å². The Balaban J connectivity index is 0.816. The maximum Gasteiger partial charge on any atom is 0.315 e. The zero-order valence-corrected chi connectivity index (χ0v) is 32.1. The van der Waals surface area contributed by atoms with Gasteiger partial charge in [-0.25, -0.2) is 19.2 Å². The summed E-state index contributed by atoms with van der Waals surface area (Å²) in [6.45, 7) is 1.83. The third-order valence-corrected chi connectivity index (χ3v) is 12.1. The van der Waals surface area contributed by atoms with Crippen molar-refractivity contribution >= 4 is 79.5 Å². The molecule has 4 aromatic rings. The van der Waals surface area contributed by atoms with Gasteiger partial charge in [-0.05, 0) is 74.1 Å². The highest BCUT2D eigenvalue weighted by Gasteiger charge is 2.42. The number of anilines is 2. The van der Waals surface area contributed by atoms with Gasteiger partial charge in [0.25, 0.3) is 5.91 Å². The molecule has 2 aliphatic rings. The molecule has 3 atom stereocenters. The molecule has 0 aliphatic carbocycles. The number of amides is 5. The second kappa shape index (κ2) is 19.2. The highest BCUT2D eigenvalue weighted by Crippen LogP contribution is 2.34. The molecule has 4 heterocycles. The van der Waals surface area contributed by atoms with Crippen LogP contribution in [0.4, 0.5) is 20.0 Å². The van der Waals surface area contributed by atoms with Gasteiger partial charge in [-0.1, -0.05) is 47.9 Å². The Morgan fingerprint density at radius 3 is 2.50 bits per heavy atom. The standard InChI is InChI=1S/C38H44ClFN8O4S2/c39-35-28(45-36(51)24-8-6-9-26(40)18-24)19-25(21-44-35)23-13-14-27-31(20-23)54-38(47-27)43-17-7-16-42-32(49)11-2-1-5-15-41-33(50)12-4-3-10-30-34-29(22-53-30)46-37(52)48-34/h6,8-9,13-14,18-21,29-30,34H,1-5,7,10-12,15-17,22H2,(H,41,50)(H,42,49)(H,43,47)(H,45,51)(H2,46,48,52)/t29-,30-,34-/m0/s1. The lowest BCUT2D eigenvalue weighted by Crippen LogP contribution is -2.36. The highest BCUT2D eigenvalue weighted by molar-refractivity contribution is 8.00. The molecule has 2 aromatic heterocycles. The van der Waals surface area contributed by atoms with Crippen LogP contribution in [0.3, 0.4) is 0 Å². The number of carbonyl (C=O) groups excluding carboxylic acids is 4. The molecule has 0 radical (unpaired) electrons. The summed E-state index contributed by atoms with van der Waals surface area (Å²) in [7, 11) is 0. The molecule has 286 valence electrons. The summed E-state index contributed by atoms with van der Waals surface area (Å²) in [5.74, 6) is 0.0529. The fourth-order valence-electron chi connectivity index (χ4n) is 6.48. The lowest BCUT2D eigenvalue weighted by atomic mass is 10.0. The van der Waals surface area contributed by atoms with Crippen LogP contribution in [0, 0.1) is 5.82 Å². The predicted octanol–water partition coefficient (Wildman–Crippen LogP) is 6.72.